The predicted molar refractivity (Wildman–Crippen MR) is 127 cm³/mol. The van der Waals surface area contributed by atoms with Crippen LogP contribution in [0.15, 0.2) is 53.7 Å². The summed E-state index contributed by atoms with van der Waals surface area (Å²) in [6.45, 7) is 2.94. The molecule has 176 valence electrons. The van der Waals surface area contributed by atoms with Crippen molar-refractivity contribution >= 4 is 23.4 Å². The molecule has 0 aliphatic carbocycles. The second kappa shape index (κ2) is 10.8. The van der Waals surface area contributed by atoms with Crippen LogP contribution >= 0.6 is 11.8 Å². The second-order valence-electron chi connectivity index (χ2n) is 7.06. The molecule has 0 spiro atoms. The van der Waals surface area contributed by atoms with Crippen molar-refractivity contribution in [1.29, 1.82) is 0 Å². The van der Waals surface area contributed by atoms with Crippen LogP contribution in [0.3, 0.4) is 0 Å². The van der Waals surface area contributed by atoms with Crippen molar-refractivity contribution in [1.82, 2.24) is 35.0 Å². The summed E-state index contributed by atoms with van der Waals surface area (Å²) in [6, 6.07) is 14.8. The Balaban J connectivity index is 1.39. The maximum atomic E-state index is 12.5. The zero-order chi connectivity index (χ0) is 23.9. The zero-order valence-corrected chi connectivity index (χ0v) is 19.8. The Morgan fingerprint density at radius 3 is 2.62 bits per heavy atom. The van der Waals surface area contributed by atoms with E-state index in [4.69, 9.17) is 9.47 Å². The van der Waals surface area contributed by atoms with Gasteiger partial charge in [0, 0.05) is 18.2 Å². The van der Waals surface area contributed by atoms with Gasteiger partial charge in [0.1, 0.15) is 18.0 Å². The molecule has 4 rings (SSSR count). The summed E-state index contributed by atoms with van der Waals surface area (Å²) < 4.78 is 12.4. The van der Waals surface area contributed by atoms with Crippen molar-refractivity contribution < 1.29 is 14.3 Å². The standard InChI is InChI=1S/C22H24N8O3S/c1-4-29-19(13-30-27-21(25-28-30)15-8-6-5-7-9-15)24-26-22(29)34-14-20(31)23-17-11-10-16(32-2)12-18(17)33-3/h5-12H,4,13-14H2,1-3H3,(H,23,31). The lowest BCUT2D eigenvalue weighted by Crippen LogP contribution is -2.16. The smallest absolute Gasteiger partial charge is 0.234 e. The highest BCUT2D eigenvalue weighted by Crippen LogP contribution is 2.29. The Kier molecular flexibility index (Phi) is 7.38. The normalized spacial score (nSPS) is 10.8. The minimum atomic E-state index is -0.189. The Labute approximate surface area is 200 Å². The molecular weight excluding hydrogens is 456 g/mol. The van der Waals surface area contributed by atoms with E-state index in [2.05, 4.69) is 30.9 Å². The van der Waals surface area contributed by atoms with Crippen molar-refractivity contribution in [2.24, 2.45) is 0 Å². The average Bonchev–Trinajstić information content (AvgIpc) is 3.50. The molecule has 0 atom stereocenters. The molecule has 11 nitrogen and oxygen atoms in total. The summed E-state index contributed by atoms with van der Waals surface area (Å²) >= 11 is 1.30. The van der Waals surface area contributed by atoms with Gasteiger partial charge in [-0.15, -0.1) is 20.4 Å². The largest absolute Gasteiger partial charge is 0.497 e. The molecule has 0 unspecified atom stereocenters. The fourth-order valence-electron chi connectivity index (χ4n) is 3.22. The summed E-state index contributed by atoms with van der Waals surface area (Å²) in [7, 11) is 3.11. The van der Waals surface area contributed by atoms with Crippen molar-refractivity contribution in [3.8, 4) is 22.9 Å². The van der Waals surface area contributed by atoms with Gasteiger partial charge in [-0.3, -0.25) is 4.79 Å². The highest BCUT2D eigenvalue weighted by molar-refractivity contribution is 7.99. The van der Waals surface area contributed by atoms with Crippen LogP contribution in [0.4, 0.5) is 5.69 Å². The lowest BCUT2D eigenvalue weighted by molar-refractivity contribution is -0.113. The van der Waals surface area contributed by atoms with Crippen LogP contribution < -0.4 is 14.8 Å². The van der Waals surface area contributed by atoms with Gasteiger partial charge in [0.15, 0.2) is 11.0 Å². The zero-order valence-electron chi connectivity index (χ0n) is 19.0. The number of rotatable bonds is 10. The summed E-state index contributed by atoms with van der Waals surface area (Å²) in [5.41, 5.74) is 1.46. The van der Waals surface area contributed by atoms with Gasteiger partial charge in [-0.2, -0.15) is 4.80 Å². The van der Waals surface area contributed by atoms with E-state index in [0.29, 0.717) is 47.1 Å². The van der Waals surface area contributed by atoms with Crippen LogP contribution in [-0.4, -0.2) is 60.9 Å². The Morgan fingerprint density at radius 2 is 1.88 bits per heavy atom. The van der Waals surface area contributed by atoms with Crippen LogP contribution in [0.1, 0.15) is 12.7 Å². The third-order valence-corrected chi connectivity index (χ3v) is 5.86. The predicted octanol–water partition coefficient (Wildman–Crippen LogP) is 2.75. The number of anilines is 1. The lowest BCUT2D eigenvalue weighted by atomic mass is 10.2. The molecule has 0 fully saturated rings. The number of thioether (sulfide) groups is 1. The van der Waals surface area contributed by atoms with Crippen LogP contribution in [0.25, 0.3) is 11.4 Å². The SMILES string of the molecule is CCn1c(Cn2nnc(-c3ccccc3)n2)nnc1SCC(=O)Nc1ccc(OC)cc1OC. The minimum Gasteiger partial charge on any atom is -0.497 e. The molecule has 2 heterocycles. The first-order valence-electron chi connectivity index (χ1n) is 10.5. The Bertz CT molecular complexity index is 1260. The quantitative estimate of drug-likeness (QED) is 0.341. The fourth-order valence-corrected chi connectivity index (χ4v) is 4.04. The molecular formula is C22H24N8O3S. The molecule has 2 aromatic heterocycles. The van der Waals surface area contributed by atoms with Gasteiger partial charge in [0.25, 0.3) is 0 Å². The highest BCUT2D eigenvalue weighted by Gasteiger charge is 2.16. The highest BCUT2D eigenvalue weighted by atomic mass is 32.2. The first-order valence-corrected chi connectivity index (χ1v) is 11.5. The molecule has 2 aromatic carbocycles. The summed E-state index contributed by atoms with van der Waals surface area (Å²) in [5.74, 6) is 2.36. The number of methoxy groups -OCH3 is 2. The fraction of sp³-hybridized carbons (Fsp3) is 0.273. The first-order chi connectivity index (χ1) is 16.6. The van der Waals surface area contributed by atoms with E-state index in [1.165, 1.54) is 23.7 Å². The first kappa shape index (κ1) is 23.2. The van der Waals surface area contributed by atoms with Gasteiger partial charge in [0.05, 0.1) is 25.7 Å². The average molecular weight is 481 g/mol. The molecule has 0 saturated heterocycles. The monoisotopic (exact) mass is 480 g/mol. The molecule has 34 heavy (non-hydrogen) atoms. The number of carbonyl (C=O) groups excluding carboxylic acids is 1. The van der Waals surface area contributed by atoms with Crippen LogP contribution in [0.2, 0.25) is 0 Å². The van der Waals surface area contributed by atoms with Crippen LogP contribution in [0, 0.1) is 0 Å². The number of amides is 1. The topological polar surface area (TPSA) is 122 Å². The van der Waals surface area contributed by atoms with Crippen molar-refractivity contribution in [2.75, 3.05) is 25.3 Å². The minimum absolute atomic E-state index is 0.160. The Morgan fingerprint density at radius 1 is 1.06 bits per heavy atom. The van der Waals surface area contributed by atoms with Gasteiger partial charge in [-0.05, 0) is 24.3 Å². The van der Waals surface area contributed by atoms with Crippen LogP contribution in [0.5, 0.6) is 11.5 Å². The van der Waals surface area contributed by atoms with E-state index >= 15 is 0 Å². The maximum Gasteiger partial charge on any atom is 0.234 e. The molecule has 4 aromatic rings. The summed E-state index contributed by atoms with van der Waals surface area (Å²) in [6.07, 6.45) is 0. The van der Waals surface area contributed by atoms with E-state index in [9.17, 15) is 4.79 Å². The molecule has 0 aliphatic heterocycles. The van der Waals surface area contributed by atoms with Crippen molar-refractivity contribution in [2.45, 2.75) is 25.2 Å². The number of hydrogen-bond donors (Lipinski definition) is 1. The second-order valence-corrected chi connectivity index (χ2v) is 8.00. The third kappa shape index (κ3) is 5.34. The molecule has 0 saturated carbocycles. The van der Waals surface area contributed by atoms with E-state index < -0.39 is 0 Å². The molecule has 0 bridgehead atoms. The van der Waals surface area contributed by atoms with Gasteiger partial charge in [0.2, 0.25) is 11.7 Å². The summed E-state index contributed by atoms with van der Waals surface area (Å²) in [5, 5.41) is 24.7. The third-order valence-electron chi connectivity index (χ3n) is 4.89. The van der Waals surface area contributed by atoms with Crippen molar-refractivity contribution in [3.05, 3.63) is 54.4 Å². The number of tetrazole rings is 1. The molecule has 1 N–H and O–H groups in total. The number of carbonyl (C=O) groups is 1. The summed E-state index contributed by atoms with van der Waals surface area (Å²) in [4.78, 5) is 14.0. The number of nitrogens with zero attached hydrogens (tertiary/aromatic N) is 7. The van der Waals surface area contributed by atoms with E-state index in [1.807, 2.05) is 41.8 Å². The number of benzene rings is 2. The number of nitrogens with one attached hydrogen (secondary N) is 1. The molecule has 1 amide bonds. The van der Waals surface area contributed by atoms with E-state index in [0.717, 1.165) is 5.56 Å². The van der Waals surface area contributed by atoms with Gasteiger partial charge in [-0.25, -0.2) is 0 Å². The van der Waals surface area contributed by atoms with Crippen LogP contribution in [-0.2, 0) is 17.9 Å². The van der Waals surface area contributed by atoms with Gasteiger partial charge < -0.3 is 19.4 Å². The Hall–Kier alpha value is -3.93. The molecule has 0 aliphatic rings. The molecule has 0 radical (unpaired) electrons. The van der Waals surface area contributed by atoms with Crippen molar-refractivity contribution in [3.63, 3.8) is 0 Å². The lowest BCUT2D eigenvalue weighted by Gasteiger charge is -2.11. The number of ether oxygens (including phenoxy) is 2. The van der Waals surface area contributed by atoms with E-state index in [1.54, 1.807) is 25.3 Å². The van der Waals surface area contributed by atoms with E-state index in [-0.39, 0.29) is 11.7 Å². The van der Waals surface area contributed by atoms with Gasteiger partial charge in [-0.1, -0.05) is 42.1 Å². The molecule has 12 heteroatoms. The maximum absolute atomic E-state index is 12.5. The number of hydrogen-bond acceptors (Lipinski definition) is 9. The number of aromatic nitrogens is 7. The van der Waals surface area contributed by atoms with Gasteiger partial charge >= 0.3 is 0 Å².